The van der Waals surface area contributed by atoms with Gasteiger partial charge in [0, 0.05) is 42.6 Å². The molecule has 2 aromatic carbocycles. The van der Waals surface area contributed by atoms with Crippen LogP contribution in [0.15, 0.2) is 36.4 Å². The molecule has 0 bridgehead atoms. The van der Waals surface area contributed by atoms with Crippen molar-refractivity contribution in [2.45, 2.75) is 20.8 Å². The summed E-state index contributed by atoms with van der Waals surface area (Å²) < 4.78 is 0. The summed E-state index contributed by atoms with van der Waals surface area (Å²) in [6, 6.07) is 12.5. The minimum Gasteiger partial charge on any atom is -0.368 e. The molecular weight excluding hydrogens is 350 g/mol. The standard InChI is InChI=1S/C20H24ClN3S/c1-14-10-15(2)12-18(11-14)22-20(25)24-8-6-23(7-9-24)19-13-17(21)5-4-16(19)3/h4-5,10-13H,6-9H2,1-3H3,(H,22,25). The molecule has 5 heteroatoms. The van der Waals surface area contributed by atoms with Crippen LogP contribution in [0.5, 0.6) is 0 Å². The van der Waals surface area contributed by atoms with Gasteiger partial charge in [-0.1, -0.05) is 23.7 Å². The average molecular weight is 374 g/mol. The zero-order valence-corrected chi connectivity index (χ0v) is 16.5. The van der Waals surface area contributed by atoms with Crippen LogP contribution in [0.4, 0.5) is 11.4 Å². The van der Waals surface area contributed by atoms with E-state index < -0.39 is 0 Å². The van der Waals surface area contributed by atoms with Crippen LogP contribution in [-0.2, 0) is 0 Å². The number of benzene rings is 2. The maximum Gasteiger partial charge on any atom is 0.173 e. The van der Waals surface area contributed by atoms with Gasteiger partial charge in [0.05, 0.1) is 0 Å². The van der Waals surface area contributed by atoms with Gasteiger partial charge in [-0.05, 0) is 73.9 Å². The molecule has 0 amide bonds. The normalized spacial score (nSPS) is 14.6. The highest BCUT2D eigenvalue weighted by molar-refractivity contribution is 7.80. The van der Waals surface area contributed by atoms with Gasteiger partial charge in [0.25, 0.3) is 0 Å². The van der Waals surface area contributed by atoms with Crippen LogP contribution in [0, 0.1) is 20.8 Å². The molecule has 1 saturated heterocycles. The Bertz CT molecular complexity index is 762. The highest BCUT2D eigenvalue weighted by Crippen LogP contribution is 2.25. The topological polar surface area (TPSA) is 18.5 Å². The fraction of sp³-hybridized carbons (Fsp3) is 0.350. The average Bonchev–Trinajstić information content (AvgIpc) is 2.56. The monoisotopic (exact) mass is 373 g/mol. The molecule has 0 aromatic heterocycles. The first-order valence-electron chi connectivity index (χ1n) is 8.58. The van der Waals surface area contributed by atoms with Crippen molar-refractivity contribution in [2.24, 2.45) is 0 Å². The molecule has 0 atom stereocenters. The van der Waals surface area contributed by atoms with E-state index in [0.29, 0.717) is 0 Å². The SMILES string of the molecule is Cc1cc(C)cc(NC(=S)N2CCN(c3cc(Cl)ccc3C)CC2)c1. The van der Waals surface area contributed by atoms with Crippen LogP contribution in [0.2, 0.25) is 5.02 Å². The van der Waals surface area contributed by atoms with E-state index in [9.17, 15) is 0 Å². The van der Waals surface area contributed by atoms with Gasteiger partial charge in [-0.2, -0.15) is 0 Å². The number of hydrogen-bond donors (Lipinski definition) is 1. The maximum absolute atomic E-state index is 6.16. The quantitative estimate of drug-likeness (QED) is 0.763. The van der Waals surface area contributed by atoms with Gasteiger partial charge in [-0.3, -0.25) is 0 Å². The minimum absolute atomic E-state index is 0.787. The van der Waals surface area contributed by atoms with E-state index in [-0.39, 0.29) is 0 Å². The lowest BCUT2D eigenvalue weighted by Gasteiger charge is -2.38. The van der Waals surface area contributed by atoms with Crippen molar-refractivity contribution in [3.63, 3.8) is 0 Å². The number of piperazine rings is 1. The van der Waals surface area contributed by atoms with E-state index >= 15 is 0 Å². The summed E-state index contributed by atoms with van der Waals surface area (Å²) in [5.41, 5.74) is 6.03. The van der Waals surface area contributed by atoms with Crippen molar-refractivity contribution < 1.29 is 0 Å². The van der Waals surface area contributed by atoms with Crippen LogP contribution in [0.3, 0.4) is 0 Å². The van der Waals surface area contributed by atoms with Crippen molar-refractivity contribution in [1.82, 2.24) is 4.90 Å². The molecule has 1 fully saturated rings. The van der Waals surface area contributed by atoms with E-state index in [1.165, 1.54) is 22.4 Å². The molecule has 0 radical (unpaired) electrons. The second kappa shape index (κ2) is 7.63. The molecular formula is C20H24ClN3S. The Morgan fingerprint density at radius 1 is 0.960 bits per heavy atom. The molecule has 1 aliphatic heterocycles. The number of halogens is 1. The first kappa shape index (κ1) is 18.0. The summed E-state index contributed by atoms with van der Waals surface area (Å²) in [7, 11) is 0. The Morgan fingerprint density at radius 2 is 1.60 bits per heavy atom. The van der Waals surface area contributed by atoms with Gasteiger partial charge in [0.1, 0.15) is 0 Å². The number of hydrogen-bond acceptors (Lipinski definition) is 2. The fourth-order valence-corrected chi connectivity index (χ4v) is 3.79. The molecule has 0 spiro atoms. The maximum atomic E-state index is 6.16. The predicted octanol–water partition coefficient (Wildman–Crippen LogP) is 4.78. The molecule has 2 aromatic rings. The van der Waals surface area contributed by atoms with Gasteiger partial charge in [0.15, 0.2) is 5.11 Å². The fourth-order valence-electron chi connectivity index (χ4n) is 3.32. The van der Waals surface area contributed by atoms with Crippen LogP contribution in [-0.4, -0.2) is 36.2 Å². The molecule has 132 valence electrons. The van der Waals surface area contributed by atoms with E-state index in [0.717, 1.165) is 42.0 Å². The zero-order chi connectivity index (χ0) is 18.0. The second-order valence-corrected chi connectivity index (χ2v) is 7.53. The molecule has 0 saturated carbocycles. The largest absolute Gasteiger partial charge is 0.368 e. The van der Waals surface area contributed by atoms with Crippen molar-refractivity contribution in [2.75, 3.05) is 36.4 Å². The second-order valence-electron chi connectivity index (χ2n) is 6.71. The van der Waals surface area contributed by atoms with Crippen LogP contribution in [0.1, 0.15) is 16.7 Å². The highest BCUT2D eigenvalue weighted by atomic mass is 35.5. The van der Waals surface area contributed by atoms with Gasteiger partial charge in [-0.15, -0.1) is 0 Å². The van der Waals surface area contributed by atoms with E-state index in [2.05, 4.69) is 66.2 Å². The number of aryl methyl sites for hydroxylation is 3. The third-order valence-corrected chi connectivity index (χ3v) is 5.15. The first-order valence-corrected chi connectivity index (χ1v) is 9.36. The first-order chi connectivity index (χ1) is 11.9. The number of nitrogens with zero attached hydrogens (tertiary/aromatic N) is 2. The van der Waals surface area contributed by atoms with E-state index in [4.69, 9.17) is 23.8 Å². The number of rotatable bonds is 2. The minimum atomic E-state index is 0.787. The molecule has 3 nitrogen and oxygen atoms in total. The third kappa shape index (κ3) is 4.44. The Kier molecular flexibility index (Phi) is 5.50. The Morgan fingerprint density at radius 3 is 2.24 bits per heavy atom. The molecule has 1 heterocycles. The summed E-state index contributed by atoms with van der Waals surface area (Å²) in [4.78, 5) is 4.63. The summed E-state index contributed by atoms with van der Waals surface area (Å²) in [5, 5.41) is 4.97. The molecule has 3 rings (SSSR count). The molecule has 1 N–H and O–H groups in total. The number of nitrogens with one attached hydrogen (secondary N) is 1. The lowest BCUT2D eigenvalue weighted by Crippen LogP contribution is -2.50. The molecule has 1 aliphatic rings. The predicted molar refractivity (Wildman–Crippen MR) is 112 cm³/mol. The van der Waals surface area contributed by atoms with Gasteiger partial charge in [-0.25, -0.2) is 0 Å². The van der Waals surface area contributed by atoms with Crippen LogP contribution >= 0.6 is 23.8 Å². The zero-order valence-electron chi connectivity index (χ0n) is 15.0. The van der Waals surface area contributed by atoms with Crippen molar-refractivity contribution in [1.29, 1.82) is 0 Å². The summed E-state index contributed by atoms with van der Waals surface area (Å²) in [5.74, 6) is 0. The molecule has 25 heavy (non-hydrogen) atoms. The highest BCUT2D eigenvalue weighted by Gasteiger charge is 2.20. The molecule has 0 aliphatic carbocycles. The molecule has 0 unspecified atom stereocenters. The van der Waals surface area contributed by atoms with Gasteiger partial charge in [0.2, 0.25) is 0 Å². The lowest BCUT2D eigenvalue weighted by molar-refractivity contribution is 0.390. The lowest BCUT2D eigenvalue weighted by atomic mass is 10.1. The van der Waals surface area contributed by atoms with Crippen molar-refractivity contribution in [3.8, 4) is 0 Å². The Labute approximate surface area is 160 Å². The Hall–Kier alpha value is -1.78. The summed E-state index contributed by atoms with van der Waals surface area (Å²) in [6.07, 6.45) is 0. The van der Waals surface area contributed by atoms with Gasteiger partial charge < -0.3 is 15.1 Å². The van der Waals surface area contributed by atoms with Crippen LogP contribution in [0.25, 0.3) is 0 Å². The van der Waals surface area contributed by atoms with E-state index in [1.54, 1.807) is 0 Å². The number of anilines is 2. The van der Waals surface area contributed by atoms with Crippen molar-refractivity contribution >= 4 is 40.3 Å². The van der Waals surface area contributed by atoms with Gasteiger partial charge >= 0.3 is 0 Å². The third-order valence-electron chi connectivity index (χ3n) is 4.55. The summed E-state index contributed by atoms with van der Waals surface area (Å²) in [6.45, 7) is 10.0. The summed E-state index contributed by atoms with van der Waals surface area (Å²) >= 11 is 11.8. The number of thiocarbonyl (C=S) groups is 1. The smallest absolute Gasteiger partial charge is 0.173 e. The Balaban J connectivity index is 1.61. The van der Waals surface area contributed by atoms with Crippen LogP contribution < -0.4 is 10.2 Å². The van der Waals surface area contributed by atoms with E-state index in [1.807, 2.05) is 6.07 Å². The van der Waals surface area contributed by atoms with Crippen molar-refractivity contribution in [3.05, 3.63) is 58.1 Å².